The lowest BCUT2D eigenvalue weighted by Gasteiger charge is -2.23. The van der Waals surface area contributed by atoms with Crippen molar-refractivity contribution in [3.63, 3.8) is 0 Å². The van der Waals surface area contributed by atoms with Crippen LogP contribution >= 0.6 is 50.9 Å². The van der Waals surface area contributed by atoms with Crippen molar-refractivity contribution in [3.05, 3.63) is 67.4 Å². The number of benzene rings is 2. The molecule has 7 nitrogen and oxygen atoms in total. The first-order valence-corrected chi connectivity index (χ1v) is 13.9. The first-order valence-electron chi connectivity index (χ1n) is 11.4. The van der Waals surface area contributed by atoms with Crippen molar-refractivity contribution in [3.8, 4) is 0 Å². The average Bonchev–Trinajstić information content (AvgIpc) is 3.20. The average molecular weight is 613 g/mol. The van der Waals surface area contributed by atoms with Gasteiger partial charge in [0.1, 0.15) is 0 Å². The van der Waals surface area contributed by atoms with Crippen LogP contribution in [-0.2, 0) is 11.3 Å². The van der Waals surface area contributed by atoms with Crippen molar-refractivity contribution in [2.24, 2.45) is 5.92 Å². The summed E-state index contributed by atoms with van der Waals surface area (Å²) in [5.41, 5.74) is 3.11. The van der Waals surface area contributed by atoms with Gasteiger partial charge in [-0.3, -0.25) is 9.59 Å². The highest BCUT2D eigenvalue weighted by Gasteiger charge is 2.27. The summed E-state index contributed by atoms with van der Waals surface area (Å²) >= 11 is 17.0. The lowest BCUT2D eigenvalue weighted by Crippen LogP contribution is -2.34. The van der Waals surface area contributed by atoms with E-state index in [4.69, 9.17) is 23.2 Å². The van der Waals surface area contributed by atoms with E-state index in [1.165, 1.54) is 17.8 Å². The van der Waals surface area contributed by atoms with Crippen molar-refractivity contribution in [1.29, 1.82) is 0 Å². The van der Waals surface area contributed by atoms with Gasteiger partial charge in [0, 0.05) is 21.7 Å². The summed E-state index contributed by atoms with van der Waals surface area (Å²) in [5.74, 6) is 0.362. The molecular formula is C25H28BrCl2N5O2S. The minimum Gasteiger partial charge on any atom is -0.342 e. The maximum absolute atomic E-state index is 13.0. The molecule has 192 valence electrons. The monoisotopic (exact) mass is 611 g/mol. The van der Waals surface area contributed by atoms with E-state index < -0.39 is 6.04 Å². The summed E-state index contributed by atoms with van der Waals surface area (Å²) in [7, 11) is 0. The second kappa shape index (κ2) is 12.4. The molecule has 0 saturated carbocycles. The number of hydrogen-bond acceptors (Lipinski definition) is 5. The van der Waals surface area contributed by atoms with Crippen LogP contribution in [0.5, 0.6) is 0 Å². The molecule has 1 atom stereocenters. The largest absolute Gasteiger partial charge is 0.342 e. The number of aryl methyl sites for hydroxylation is 2. The van der Waals surface area contributed by atoms with Crippen molar-refractivity contribution >= 4 is 68.4 Å². The van der Waals surface area contributed by atoms with Crippen molar-refractivity contribution in [2.45, 2.75) is 52.4 Å². The van der Waals surface area contributed by atoms with E-state index in [0.717, 1.165) is 21.3 Å². The van der Waals surface area contributed by atoms with E-state index in [1.54, 1.807) is 12.1 Å². The maximum atomic E-state index is 13.0. The van der Waals surface area contributed by atoms with E-state index in [1.807, 2.05) is 51.3 Å². The second-order valence-electron chi connectivity index (χ2n) is 8.66. The molecule has 0 spiro atoms. The predicted octanol–water partition coefficient (Wildman–Crippen LogP) is 6.84. The van der Waals surface area contributed by atoms with E-state index in [0.29, 0.717) is 28.1 Å². The molecule has 3 rings (SSSR count). The Labute approximate surface area is 233 Å². The first kappa shape index (κ1) is 28.5. The fourth-order valence-corrected chi connectivity index (χ4v) is 5.76. The third kappa shape index (κ3) is 6.82. The van der Waals surface area contributed by atoms with Crippen LogP contribution in [0.2, 0.25) is 10.0 Å². The summed E-state index contributed by atoms with van der Waals surface area (Å²) in [5, 5.41) is 16.1. The molecule has 0 aliphatic heterocycles. The SMILES string of the molecule is CCn1c(SCC(=O)Nc2c(C)cc(Br)cc2C)nnc1[C@H](NC(=O)c1ccc(Cl)cc1Cl)C(C)C. The Morgan fingerprint density at radius 3 is 2.36 bits per heavy atom. The number of hydrogen-bond donors (Lipinski definition) is 2. The molecule has 0 aliphatic carbocycles. The number of carbonyl (C=O) groups is 2. The number of aromatic nitrogens is 3. The molecular weight excluding hydrogens is 585 g/mol. The quantitative estimate of drug-likeness (QED) is 0.258. The normalized spacial score (nSPS) is 12.0. The van der Waals surface area contributed by atoms with E-state index in [-0.39, 0.29) is 28.5 Å². The molecule has 0 saturated heterocycles. The molecule has 36 heavy (non-hydrogen) atoms. The molecule has 2 N–H and O–H groups in total. The number of rotatable bonds is 9. The van der Waals surface area contributed by atoms with Crippen LogP contribution in [0, 0.1) is 19.8 Å². The zero-order valence-electron chi connectivity index (χ0n) is 20.7. The van der Waals surface area contributed by atoms with Crippen LogP contribution < -0.4 is 10.6 Å². The third-order valence-electron chi connectivity index (χ3n) is 5.56. The lowest BCUT2D eigenvalue weighted by atomic mass is 10.0. The fraction of sp³-hybridized carbons (Fsp3) is 0.360. The Kier molecular flexibility index (Phi) is 9.86. The highest BCUT2D eigenvalue weighted by Crippen LogP contribution is 2.28. The summed E-state index contributed by atoms with van der Waals surface area (Å²) in [6.07, 6.45) is 0. The number of nitrogens with zero attached hydrogens (tertiary/aromatic N) is 3. The van der Waals surface area contributed by atoms with E-state index in [9.17, 15) is 9.59 Å². The van der Waals surface area contributed by atoms with Gasteiger partial charge in [0.15, 0.2) is 11.0 Å². The number of anilines is 1. The van der Waals surface area contributed by atoms with Crippen molar-refractivity contribution in [2.75, 3.05) is 11.1 Å². The Morgan fingerprint density at radius 1 is 1.11 bits per heavy atom. The summed E-state index contributed by atoms with van der Waals surface area (Å²) in [6, 6.07) is 8.27. The number of nitrogens with one attached hydrogen (secondary N) is 2. The van der Waals surface area contributed by atoms with Gasteiger partial charge in [-0.25, -0.2) is 0 Å². The third-order valence-corrected chi connectivity index (χ3v) is 7.54. The highest BCUT2D eigenvalue weighted by molar-refractivity contribution is 9.10. The molecule has 0 radical (unpaired) electrons. The standard InChI is InChI=1S/C25H28BrCl2N5O2S/c1-6-33-23(21(13(2)3)30-24(35)18-8-7-17(27)11-19(18)28)31-32-25(33)36-12-20(34)29-22-14(4)9-16(26)10-15(22)5/h7-11,13,21H,6,12H2,1-5H3,(H,29,34)(H,30,35)/t21-/m1/s1. The van der Waals surface area contributed by atoms with Gasteiger partial charge in [-0.05, 0) is 68.1 Å². The van der Waals surface area contributed by atoms with Gasteiger partial charge in [-0.2, -0.15) is 0 Å². The molecule has 3 aromatic rings. The summed E-state index contributed by atoms with van der Waals surface area (Å²) < 4.78 is 2.89. The smallest absolute Gasteiger partial charge is 0.253 e. The molecule has 11 heteroatoms. The molecule has 2 aromatic carbocycles. The van der Waals surface area contributed by atoms with Gasteiger partial charge in [-0.1, -0.05) is 64.7 Å². The highest BCUT2D eigenvalue weighted by atomic mass is 79.9. The second-order valence-corrected chi connectivity index (χ2v) is 11.4. The van der Waals surface area contributed by atoms with Crippen LogP contribution in [0.15, 0.2) is 40.0 Å². The van der Waals surface area contributed by atoms with E-state index >= 15 is 0 Å². The molecule has 0 unspecified atom stereocenters. The molecule has 2 amide bonds. The zero-order chi connectivity index (χ0) is 26.6. The predicted molar refractivity (Wildman–Crippen MR) is 150 cm³/mol. The van der Waals surface area contributed by atoms with Crippen LogP contribution in [0.1, 0.15) is 54.1 Å². The Bertz CT molecular complexity index is 1260. The van der Waals surface area contributed by atoms with Crippen molar-refractivity contribution in [1.82, 2.24) is 20.1 Å². The van der Waals surface area contributed by atoms with Crippen LogP contribution in [0.25, 0.3) is 0 Å². The van der Waals surface area contributed by atoms with Gasteiger partial charge in [0.25, 0.3) is 5.91 Å². The van der Waals surface area contributed by atoms with Crippen LogP contribution in [0.4, 0.5) is 5.69 Å². The van der Waals surface area contributed by atoms with Crippen LogP contribution in [-0.4, -0.2) is 32.3 Å². The van der Waals surface area contributed by atoms with Gasteiger partial charge < -0.3 is 15.2 Å². The minimum atomic E-state index is -0.409. The Balaban J connectivity index is 1.75. The van der Waals surface area contributed by atoms with E-state index in [2.05, 4.69) is 36.8 Å². The van der Waals surface area contributed by atoms with Gasteiger partial charge >= 0.3 is 0 Å². The minimum absolute atomic E-state index is 0.0269. The Morgan fingerprint density at radius 2 is 1.78 bits per heavy atom. The Hall–Kier alpha value is -2.07. The topological polar surface area (TPSA) is 88.9 Å². The fourth-order valence-electron chi connectivity index (χ4n) is 3.77. The molecule has 1 aromatic heterocycles. The van der Waals surface area contributed by atoms with Gasteiger partial charge in [-0.15, -0.1) is 10.2 Å². The van der Waals surface area contributed by atoms with Gasteiger partial charge in [0.05, 0.1) is 22.4 Å². The lowest BCUT2D eigenvalue weighted by molar-refractivity contribution is -0.113. The molecule has 1 heterocycles. The number of thioether (sulfide) groups is 1. The first-order chi connectivity index (χ1) is 17.0. The molecule has 0 aliphatic rings. The molecule has 0 bridgehead atoms. The number of halogens is 3. The zero-order valence-corrected chi connectivity index (χ0v) is 24.6. The summed E-state index contributed by atoms with van der Waals surface area (Å²) in [4.78, 5) is 25.7. The summed E-state index contributed by atoms with van der Waals surface area (Å²) in [6.45, 7) is 10.5. The van der Waals surface area contributed by atoms with Gasteiger partial charge in [0.2, 0.25) is 5.91 Å². The van der Waals surface area contributed by atoms with Crippen LogP contribution in [0.3, 0.4) is 0 Å². The van der Waals surface area contributed by atoms with Crippen molar-refractivity contribution < 1.29 is 9.59 Å². The maximum Gasteiger partial charge on any atom is 0.253 e. The molecule has 0 fully saturated rings. The number of carbonyl (C=O) groups excluding carboxylic acids is 2. The number of amides is 2.